The van der Waals surface area contributed by atoms with E-state index in [4.69, 9.17) is 0 Å². The molecule has 1 aromatic carbocycles. The van der Waals surface area contributed by atoms with E-state index in [1.54, 1.807) is 0 Å². The summed E-state index contributed by atoms with van der Waals surface area (Å²) < 4.78 is 0. The second-order valence-electron chi connectivity index (χ2n) is 5.59. The molecule has 1 N–H and O–H groups in total. The van der Waals surface area contributed by atoms with Gasteiger partial charge in [-0.25, -0.2) is 0 Å². The average molecular weight is 261 g/mol. The van der Waals surface area contributed by atoms with Gasteiger partial charge < -0.3 is 10.0 Å². The molecule has 0 bridgehead atoms. The molecule has 0 amide bonds. The van der Waals surface area contributed by atoms with E-state index in [0.29, 0.717) is 6.04 Å². The maximum absolute atomic E-state index is 10.2. The third-order valence-corrected chi connectivity index (χ3v) is 4.34. The Bertz CT molecular complexity index is 391. The third kappa shape index (κ3) is 3.30. The number of aliphatic hydroxyl groups excluding tert-OH is 1. The molecule has 0 saturated carbocycles. The van der Waals surface area contributed by atoms with E-state index in [-0.39, 0.29) is 6.10 Å². The van der Waals surface area contributed by atoms with Crippen LogP contribution >= 0.6 is 0 Å². The van der Waals surface area contributed by atoms with Gasteiger partial charge in [0, 0.05) is 23.8 Å². The van der Waals surface area contributed by atoms with Crippen molar-refractivity contribution in [2.75, 3.05) is 11.4 Å². The van der Waals surface area contributed by atoms with Crippen LogP contribution < -0.4 is 4.90 Å². The highest BCUT2D eigenvalue weighted by molar-refractivity contribution is 5.55. The van der Waals surface area contributed by atoms with Crippen molar-refractivity contribution >= 4 is 5.69 Å². The summed E-state index contributed by atoms with van der Waals surface area (Å²) in [7, 11) is 0. The molecule has 2 heteroatoms. The summed E-state index contributed by atoms with van der Waals surface area (Å²) in [6, 6.07) is 9.03. The second kappa shape index (κ2) is 6.95. The van der Waals surface area contributed by atoms with Crippen molar-refractivity contribution < 1.29 is 5.11 Å². The lowest BCUT2D eigenvalue weighted by Crippen LogP contribution is -2.35. The predicted octanol–water partition coefficient (Wildman–Crippen LogP) is 4.29. The van der Waals surface area contributed by atoms with E-state index < -0.39 is 0 Å². The summed E-state index contributed by atoms with van der Waals surface area (Å²) in [5, 5.41) is 10.2. The highest BCUT2D eigenvalue weighted by atomic mass is 16.3. The van der Waals surface area contributed by atoms with Gasteiger partial charge in [-0.2, -0.15) is 0 Å². The van der Waals surface area contributed by atoms with E-state index in [9.17, 15) is 5.11 Å². The van der Waals surface area contributed by atoms with Crippen molar-refractivity contribution in [2.24, 2.45) is 0 Å². The van der Waals surface area contributed by atoms with Crippen LogP contribution in [0.5, 0.6) is 0 Å². The van der Waals surface area contributed by atoms with E-state index >= 15 is 0 Å². The number of anilines is 1. The monoisotopic (exact) mass is 261 g/mol. The van der Waals surface area contributed by atoms with Gasteiger partial charge in [-0.15, -0.1) is 0 Å². The van der Waals surface area contributed by atoms with E-state index in [2.05, 4.69) is 30.0 Å². The number of benzene rings is 1. The van der Waals surface area contributed by atoms with Crippen LogP contribution in [0.3, 0.4) is 0 Å². The lowest BCUT2D eigenvalue weighted by atomic mass is 10.0. The molecule has 0 radical (unpaired) electrons. The lowest BCUT2D eigenvalue weighted by Gasteiger charge is -2.34. The largest absolute Gasteiger partial charge is 0.388 e. The molecule has 1 aliphatic rings. The molecule has 1 unspecified atom stereocenters. The second-order valence-corrected chi connectivity index (χ2v) is 5.59. The van der Waals surface area contributed by atoms with Gasteiger partial charge in [-0.1, -0.05) is 44.9 Å². The summed E-state index contributed by atoms with van der Waals surface area (Å²) in [6.45, 7) is 5.45. The third-order valence-electron chi connectivity index (χ3n) is 4.34. The smallest absolute Gasteiger partial charge is 0.0807 e. The topological polar surface area (TPSA) is 23.5 Å². The van der Waals surface area contributed by atoms with E-state index in [1.165, 1.54) is 37.8 Å². The SMILES string of the molecule is CCC1CCCCCN1c1ccccc1[C@H](O)CC. The zero-order chi connectivity index (χ0) is 13.7. The van der Waals surface area contributed by atoms with E-state index in [0.717, 1.165) is 18.5 Å². The van der Waals surface area contributed by atoms with Crippen molar-refractivity contribution in [2.45, 2.75) is 64.5 Å². The standard InChI is InChI=1S/C17H27NO/c1-3-14-10-6-5-9-13-18(14)16-12-8-7-11-15(16)17(19)4-2/h7-8,11-12,14,17,19H,3-6,9-10,13H2,1-2H3/t14?,17-/m1/s1. The van der Waals surface area contributed by atoms with Gasteiger partial charge in [0.1, 0.15) is 0 Å². The summed E-state index contributed by atoms with van der Waals surface area (Å²) in [5.41, 5.74) is 2.36. The number of aliphatic hydroxyl groups is 1. The molecule has 1 aliphatic heterocycles. The molecule has 2 rings (SSSR count). The molecule has 1 saturated heterocycles. The first-order chi connectivity index (χ1) is 9.27. The molecule has 19 heavy (non-hydrogen) atoms. The Labute approximate surface area is 117 Å². The van der Waals surface area contributed by atoms with Gasteiger partial charge in [0.2, 0.25) is 0 Å². The molecular formula is C17H27NO. The fourth-order valence-electron chi connectivity index (χ4n) is 3.17. The lowest BCUT2D eigenvalue weighted by molar-refractivity contribution is 0.174. The average Bonchev–Trinajstić information content (AvgIpc) is 2.71. The Morgan fingerprint density at radius 3 is 2.74 bits per heavy atom. The predicted molar refractivity (Wildman–Crippen MR) is 81.6 cm³/mol. The highest BCUT2D eigenvalue weighted by Gasteiger charge is 2.23. The van der Waals surface area contributed by atoms with Crippen molar-refractivity contribution in [1.29, 1.82) is 0 Å². The number of nitrogens with zero attached hydrogens (tertiary/aromatic N) is 1. The Hall–Kier alpha value is -1.02. The minimum atomic E-state index is -0.336. The van der Waals surface area contributed by atoms with Crippen LogP contribution in [0.15, 0.2) is 24.3 Å². The summed E-state index contributed by atoms with van der Waals surface area (Å²) >= 11 is 0. The molecule has 106 valence electrons. The number of hydrogen-bond donors (Lipinski definition) is 1. The Morgan fingerprint density at radius 1 is 1.21 bits per heavy atom. The first kappa shape index (κ1) is 14.4. The minimum absolute atomic E-state index is 0.336. The van der Waals surface area contributed by atoms with Gasteiger partial charge >= 0.3 is 0 Å². The van der Waals surface area contributed by atoms with Gasteiger partial charge in [0.15, 0.2) is 0 Å². The molecular weight excluding hydrogens is 234 g/mol. The fraction of sp³-hybridized carbons (Fsp3) is 0.647. The van der Waals surface area contributed by atoms with Gasteiger partial charge in [-0.3, -0.25) is 0 Å². The summed E-state index contributed by atoms with van der Waals surface area (Å²) in [6.07, 6.45) is 6.87. The van der Waals surface area contributed by atoms with Crippen LogP contribution in [0.25, 0.3) is 0 Å². The van der Waals surface area contributed by atoms with E-state index in [1.807, 2.05) is 13.0 Å². The molecule has 0 aliphatic carbocycles. The van der Waals surface area contributed by atoms with Crippen LogP contribution in [-0.4, -0.2) is 17.7 Å². The minimum Gasteiger partial charge on any atom is -0.388 e. The zero-order valence-corrected chi connectivity index (χ0v) is 12.3. The normalized spacial score (nSPS) is 22.1. The van der Waals surface area contributed by atoms with Crippen LogP contribution in [0.1, 0.15) is 64.0 Å². The number of para-hydroxylation sites is 1. The molecule has 1 fully saturated rings. The van der Waals surface area contributed by atoms with Crippen LogP contribution in [0.4, 0.5) is 5.69 Å². The maximum Gasteiger partial charge on any atom is 0.0807 e. The number of rotatable bonds is 4. The molecule has 2 nitrogen and oxygen atoms in total. The summed E-state index contributed by atoms with van der Waals surface area (Å²) in [5.74, 6) is 0. The first-order valence-corrected chi connectivity index (χ1v) is 7.81. The van der Waals surface area contributed by atoms with Crippen molar-refractivity contribution in [1.82, 2.24) is 0 Å². The molecule has 0 aromatic heterocycles. The van der Waals surface area contributed by atoms with Crippen molar-refractivity contribution in [3.63, 3.8) is 0 Å². The number of hydrogen-bond acceptors (Lipinski definition) is 2. The summed E-state index contributed by atoms with van der Waals surface area (Å²) in [4.78, 5) is 2.54. The van der Waals surface area contributed by atoms with Crippen molar-refractivity contribution in [3.05, 3.63) is 29.8 Å². The Kier molecular flexibility index (Phi) is 5.26. The van der Waals surface area contributed by atoms with Gasteiger partial charge in [0.05, 0.1) is 6.10 Å². The maximum atomic E-state index is 10.2. The van der Waals surface area contributed by atoms with Crippen LogP contribution in [0, 0.1) is 0 Å². The van der Waals surface area contributed by atoms with Gasteiger partial charge in [0.25, 0.3) is 0 Å². The van der Waals surface area contributed by atoms with Crippen LogP contribution in [-0.2, 0) is 0 Å². The van der Waals surface area contributed by atoms with Crippen molar-refractivity contribution in [3.8, 4) is 0 Å². The highest BCUT2D eigenvalue weighted by Crippen LogP contribution is 2.32. The Morgan fingerprint density at radius 2 is 2.00 bits per heavy atom. The first-order valence-electron chi connectivity index (χ1n) is 7.81. The fourth-order valence-corrected chi connectivity index (χ4v) is 3.17. The van der Waals surface area contributed by atoms with Gasteiger partial charge in [-0.05, 0) is 31.7 Å². The quantitative estimate of drug-likeness (QED) is 0.874. The molecule has 1 heterocycles. The van der Waals surface area contributed by atoms with Crippen LogP contribution in [0.2, 0.25) is 0 Å². The Balaban J connectivity index is 2.32. The molecule has 0 spiro atoms. The zero-order valence-electron chi connectivity index (χ0n) is 12.3. The molecule has 1 aromatic rings. The molecule has 2 atom stereocenters.